The van der Waals surface area contributed by atoms with E-state index in [1.165, 1.54) is 0 Å². The van der Waals surface area contributed by atoms with Crippen molar-refractivity contribution in [2.75, 3.05) is 6.61 Å². The van der Waals surface area contributed by atoms with E-state index in [2.05, 4.69) is 63.3 Å². The van der Waals surface area contributed by atoms with Gasteiger partial charge >= 0.3 is 0 Å². The van der Waals surface area contributed by atoms with E-state index in [1.807, 2.05) is 47.0 Å². The van der Waals surface area contributed by atoms with Crippen LogP contribution in [0.1, 0.15) is 50.6 Å². The highest BCUT2D eigenvalue weighted by molar-refractivity contribution is 7.13. The summed E-state index contributed by atoms with van der Waals surface area (Å²) in [7, 11) is -2.02. The molecule has 206 valence electrons. The minimum absolute atomic E-state index is 0.0742. The fourth-order valence-electron chi connectivity index (χ4n) is 4.15. The summed E-state index contributed by atoms with van der Waals surface area (Å²) in [6.07, 6.45) is 3.92. The van der Waals surface area contributed by atoms with Gasteiger partial charge in [0.25, 0.3) is 5.91 Å². The third-order valence-electron chi connectivity index (χ3n) is 7.40. The molecule has 0 unspecified atom stereocenters. The zero-order chi connectivity index (χ0) is 28.2. The fourth-order valence-corrected chi connectivity index (χ4v) is 6.43. The van der Waals surface area contributed by atoms with Gasteiger partial charge in [-0.15, -0.1) is 11.3 Å². The highest BCUT2D eigenvalue weighted by Crippen LogP contribution is 2.39. The van der Waals surface area contributed by atoms with E-state index in [0.29, 0.717) is 13.0 Å². The number of imidazole rings is 1. The van der Waals surface area contributed by atoms with E-state index in [-0.39, 0.29) is 22.9 Å². The van der Waals surface area contributed by atoms with Crippen molar-refractivity contribution in [3.63, 3.8) is 0 Å². The first-order chi connectivity index (χ1) is 18.4. The Hall–Kier alpha value is -3.27. The van der Waals surface area contributed by atoms with E-state index >= 15 is 0 Å². The Morgan fingerprint density at radius 2 is 1.82 bits per heavy atom. The van der Waals surface area contributed by atoms with Crippen LogP contribution >= 0.6 is 11.3 Å². The van der Waals surface area contributed by atoms with Gasteiger partial charge in [-0.2, -0.15) is 0 Å². The van der Waals surface area contributed by atoms with E-state index in [9.17, 15) is 4.79 Å². The molecule has 2 aromatic heterocycles. The predicted molar refractivity (Wildman–Crippen MR) is 161 cm³/mol. The molecule has 39 heavy (non-hydrogen) atoms. The molecule has 2 N–H and O–H groups in total. The molecule has 0 aliphatic heterocycles. The average Bonchev–Trinajstić information content (AvgIpc) is 3.57. The van der Waals surface area contributed by atoms with Crippen LogP contribution in [0.3, 0.4) is 0 Å². The second kappa shape index (κ2) is 11.9. The van der Waals surface area contributed by atoms with Crippen LogP contribution in [0.15, 0.2) is 72.5 Å². The monoisotopic (exact) mass is 562 g/mol. The molecule has 1 amide bonds. The molecule has 0 saturated heterocycles. The van der Waals surface area contributed by atoms with Crippen molar-refractivity contribution < 1.29 is 14.0 Å². The highest BCUT2D eigenvalue weighted by Gasteiger charge is 2.40. The summed E-state index contributed by atoms with van der Waals surface area (Å²) in [6, 6.07) is 18.1. The maximum atomic E-state index is 11.7. The molecule has 0 fully saturated rings. The lowest BCUT2D eigenvalue weighted by Crippen LogP contribution is -2.45. The number of hydrogen-bond donors (Lipinski definition) is 1. The SMILES string of the molecule is C[C@H](O[Si](C)(C)C(C)(C)C)[C@@H](CCOc1cccc(-c2csc(-c3ccccc3)n2)c1)n1cnc(C(N)=O)c1. The van der Waals surface area contributed by atoms with Crippen LogP contribution in [0, 0.1) is 0 Å². The number of carbonyl (C=O) groups excluding carboxylic acids is 1. The number of rotatable bonds is 11. The lowest BCUT2D eigenvalue weighted by molar-refractivity contribution is 0.0994. The summed E-state index contributed by atoms with van der Waals surface area (Å²) >= 11 is 1.63. The summed E-state index contributed by atoms with van der Waals surface area (Å²) in [5, 5.41) is 3.14. The quantitative estimate of drug-likeness (QED) is 0.195. The van der Waals surface area contributed by atoms with Gasteiger partial charge in [0.2, 0.25) is 0 Å². The smallest absolute Gasteiger partial charge is 0.268 e. The number of nitrogens with two attached hydrogens (primary N) is 1. The molecule has 2 aromatic carbocycles. The van der Waals surface area contributed by atoms with Gasteiger partial charge in [0, 0.05) is 29.1 Å². The molecule has 2 atom stereocenters. The maximum absolute atomic E-state index is 11.7. The van der Waals surface area contributed by atoms with Gasteiger partial charge < -0.3 is 19.5 Å². The number of nitrogens with zero attached hydrogens (tertiary/aromatic N) is 3. The molecule has 0 spiro atoms. The minimum atomic E-state index is -2.02. The van der Waals surface area contributed by atoms with Crippen LogP contribution in [0.2, 0.25) is 18.1 Å². The second-order valence-corrected chi connectivity index (χ2v) is 16.9. The first-order valence-electron chi connectivity index (χ1n) is 13.2. The van der Waals surface area contributed by atoms with Crippen LogP contribution in [0.4, 0.5) is 0 Å². The molecule has 0 radical (unpaired) electrons. The molecule has 0 saturated carbocycles. The molecule has 0 aliphatic rings. The van der Waals surface area contributed by atoms with Crippen LogP contribution in [0.5, 0.6) is 5.75 Å². The van der Waals surface area contributed by atoms with Gasteiger partial charge in [-0.05, 0) is 37.2 Å². The van der Waals surface area contributed by atoms with E-state index in [0.717, 1.165) is 27.6 Å². The largest absolute Gasteiger partial charge is 0.493 e. The summed E-state index contributed by atoms with van der Waals surface area (Å²) in [6.45, 7) is 13.7. The second-order valence-electron chi connectivity index (χ2n) is 11.3. The first kappa shape index (κ1) is 28.7. The van der Waals surface area contributed by atoms with Crippen LogP contribution < -0.4 is 10.5 Å². The van der Waals surface area contributed by atoms with Gasteiger partial charge in [-0.3, -0.25) is 4.79 Å². The number of ether oxygens (including phenoxy) is 1. The van der Waals surface area contributed by atoms with Crippen molar-refractivity contribution in [1.82, 2.24) is 14.5 Å². The Labute approximate surface area is 236 Å². The Bertz CT molecular complexity index is 1390. The number of hydrogen-bond acceptors (Lipinski definition) is 6. The Kier molecular flexibility index (Phi) is 8.73. The molecule has 4 aromatic rings. The predicted octanol–water partition coefficient (Wildman–Crippen LogP) is 7.19. The van der Waals surface area contributed by atoms with Crippen LogP contribution in [0.25, 0.3) is 21.8 Å². The van der Waals surface area contributed by atoms with Crippen molar-refractivity contribution in [3.8, 4) is 27.6 Å². The topological polar surface area (TPSA) is 92.3 Å². The lowest BCUT2D eigenvalue weighted by Gasteiger charge is -2.40. The number of carbonyl (C=O) groups is 1. The van der Waals surface area contributed by atoms with Gasteiger partial charge in [0.05, 0.1) is 30.8 Å². The summed E-state index contributed by atoms with van der Waals surface area (Å²) < 4.78 is 14.9. The van der Waals surface area contributed by atoms with Gasteiger partial charge in [-0.25, -0.2) is 9.97 Å². The maximum Gasteiger partial charge on any atom is 0.268 e. The molecule has 7 nitrogen and oxygen atoms in total. The Balaban J connectivity index is 1.47. The zero-order valence-corrected chi connectivity index (χ0v) is 25.4. The molecule has 0 aliphatic carbocycles. The van der Waals surface area contributed by atoms with Crippen molar-refractivity contribution in [3.05, 3.63) is 78.2 Å². The summed E-state index contributed by atoms with van der Waals surface area (Å²) in [5.74, 6) is 0.234. The van der Waals surface area contributed by atoms with Crippen LogP contribution in [-0.2, 0) is 4.43 Å². The molecule has 0 bridgehead atoms. The Morgan fingerprint density at radius 1 is 1.10 bits per heavy atom. The first-order valence-corrected chi connectivity index (χ1v) is 17.0. The fraction of sp³-hybridized carbons (Fsp3) is 0.367. The summed E-state index contributed by atoms with van der Waals surface area (Å²) in [5.41, 5.74) is 8.76. The van der Waals surface area contributed by atoms with Crippen LogP contribution in [-0.4, -0.2) is 41.5 Å². The highest BCUT2D eigenvalue weighted by atomic mass is 32.1. The number of primary amides is 1. The summed E-state index contributed by atoms with van der Waals surface area (Å²) in [4.78, 5) is 20.7. The molecule has 2 heterocycles. The average molecular weight is 563 g/mol. The molecule has 9 heteroatoms. The van der Waals surface area contributed by atoms with Gasteiger partial charge in [-0.1, -0.05) is 63.2 Å². The minimum Gasteiger partial charge on any atom is -0.493 e. The number of thiazole rings is 1. The number of benzene rings is 2. The lowest BCUT2D eigenvalue weighted by atomic mass is 10.1. The zero-order valence-electron chi connectivity index (χ0n) is 23.5. The van der Waals surface area contributed by atoms with E-state index in [4.69, 9.17) is 19.9 Å². The third-order valence-corrected chi connectivity index (χ3v) is 12.9. The third kappa shape index (κ3) is 7.03. The molecular formula is C30H38N4O3SSi. The van der Waals surface area contributed by atoms with E-state index in [1.54, 1.807) is 23.9 Å². The normalized spacial score (nSPS) is 13.7. The van der Waals surface area contributed by atoms with Crippen molar-refractivity contribution >= 4 is 25.6 Å². The standard InChI is InChI=1S/C30H38N4O3SSi/c1-21(37-39(5,6)30(2,3)4)27(34-18-25(28(31)35)32-20-34)15-16-36-24-14-10-13-23(17-24)26-19-38-29(33-26)22-11-8-7-9-12-22/h7-14,17-21,27H,15-16H2,1-6H3,(H2,31,35)/t21-,27+/m0/s1. The van der Waals surface area contributed by atoms with Crippen molar-refractivity contribution in [2.45, 2.75) is 64.4 Å². The molecular weight excluding hydrogens is 525 g/mol. The van der Waals surface area contributed by atoms with Crippen molar-refractivity contribution in [1.29, 1.82) is 0 Å². The van der Waals surface area contributed by atoms with Gasteiger partial charge in [0.15, 0.2) is 8.32 Å². The van der Waals surface area contributed by atoms with Crippen molar-refractivity contribution in [2.24, 2.45) is 5.73 Å². The number of aromatic nitrogens is 3. The molecule has 4 rings (SSSR count). The number of amides is 1. The Morgan fingerprint density at radius 3 is 2.49 bits per heavy atom. The van der Waals surface area contributed by atoms with Gasteiger partial charge in [0.1, 0.15) is 16.5 Å². The van der Waals surface area contributed by atoms with E-state index < -0.39 is 14.2 Å².